The van der Waals surface area contributed by atoms with Crippen molar-refractivity contribution in [3.05, 3.63) is 24.0 Å². The summed E-state index contributed by atoms with van der Waals surface area (Å²) in [6, 6.07) is 3.64. The van der Waals surface area contributed by atoms with Crippen molar-refractivity contribution in [3.63, 3.8) is 0 Å². The Hall–Kier alpha value is -2.24. The molecule has 1 amide bonds. The fraction of sp³-hybridized carbons (Fsp3) is 0.500. The summed E-state index contributed by atoms with van der Waals surface area (Å²) in [5.41, 5.74) is 1.84. The van der Waals surface area contributed by atoms with Gasteiger partial charge >= 0.3 is 5.97 Å². The Morgan fingerprint density at radius 3 is 2.59 bits per heavy atom. The van der Waals surface area contributed by atoms with Gasteiger partial charge in [0.1, 0.15) is 12.2 Å². The summed E-state index contributed by atoms with van der Waals surface area (Å²) in [5, 5.41) is 2.98. The molecule has 0 saturated carbocycles. The highest BCUT2D eigenvalue weighted by Crippen LogP contribution is 2.21. The lowest BCUT2D eigenvalue weighted by atomic mass is 10.0. The number of carbonyl (C=O) groups is 2. The number of carbonyl (C=O) groups excluding carboxylic acids is 2. The predicted octanol–water partition coefficient (Wildman–Crippen LogP) is 2.07. The minimum absolute atomic E-state index is 0.0847. The first kappa shape index (κ1) is 16.1. The van der Waals surface area contributed by atoms with Gasteiger partial charge in [0.15, 0.2) is 0 Å². The second-order valence-electron chi connectivity index (χ2n) is 6.09. The molecule has 2 rings (SSSR count). The number of hydrogen-bond acceptors (Lipinski definition) is 3. The summed E-state index contributed by atoms with van der Waals surface area (Å²) in [5.74, 6) is -0.572. The van der Waals surface area contributed by atoms with E-state index < -0.39 is 5.97 Å². The van der Waals surface area contributed by atoms with Crippen molar-refractivity contribution in [2.24, 2.45) is 7.05 Å². The number of aromatic nitrogens is 2. The van der Waals surface area contributed by atoms with Crippen molar-refractivity contribution >= 4 is 22.9 Å². The number of hydrogen-bond donors (Lipinski definition) is 1. The first-order chi connectivity index (χ1) is 10.3. The molecule has 22 heavy (non-hydrogen) atoms. The van der Waals surface area contributed by atoms with Crippen molar-refractivity contribution in [2.75, 3.05) is 7.11 Å². The zero-order valence-electron chi connectivity index (χ0n) is 13.8. The van der Waals surface area contributed by atoms with Gasteiger partial charge in [-0.2, -0.15) is 0 Å². The highest BCUT2D eigenvalue weighted by molar-refractivity contribution is 5.96. The van der Waals surface area contributed by atoms with Crippen LogP contribution in [0.2, 0.25) is 0 Å². The normalized spacial score (nSPS) is 11.7. The lowest BCUT2D eigenvalue weighted by Gasteiger charge is -2.24. The molecule has 6 heteroatoms. The summed E-state index contributed by atoms with van der Waals surface area (Å²) in [6.07, 6.45) is 2.73. The molecule has 0 aromatic carbocycles. The summed E-state index contributed by atoms with van der Waals surface area (Å²) >= 11 is 0. The van der Waals surface area contributed by atoms with Crippen LogP contribution in [-0.2, 0) is 23.1 Å². The molecule has 0 aliphatic rings. The van der Waals surface area contributed by atoms with Crippen LogP contribution in [0.15, 0.2) is 18.3 Å². The average Bonchev–Trinajstić information content (AvgIpc) is 2.99. The fourth-order valence-electron chi connectivity index (χ4n) is 2.36. The molecule has 0 fully saturated rings. The number of ether oxygens (including phenoxy) is 1. The van der Waals surface area contributed by atoms with Crippen LogP contribution in [0.4, 0.5) is 0 Å². The van der Waals surface area contributed by atoms with Gasteiger partial charge < -0.3 is 19.2 Å². The second kappa shape index (κ2) is 5.87. The largest absolute Gasteiger partial charge is 0.464 e. The van der Waals surface area contributed by atoms with E-state index in [9.17, 15) is 9.59 Å². The quantitative estimate of drug-likeness (QED) is 0.860. The third kappa shape index (κ3) is 3.00. The van der Waals surface area contributed by atoms with Gasteiger partial charge in [-0.1, -0.05) is 6.92 Å². The first-order valence-corrected chi connectivity index (χ1v) is 7.33. The minimum Gasteiger partial charge on any atom is -0.464 e. The Morgan fingerprint density at radius 1 is 1.32 bits per heavy atom. The standard InChI is InChI=1S/C16H23N3O3/c1-6-16(2,3)17-14(20)10-19-11-7-8-18(4)12(11)9-13(19)15(21)22-5/h7-9H,6,10H2,1-5H3,(H,17,20). The van der Waals surface area contributed by atoms with Crippen molar-refractivity contribution in [3.8, 4) is 0 Å². The van der Waals surface area contributed by atoms with E-state index in [1.807, 2.05) is 44.6 Å². The van der Waals surface area contributed by atoms with Crippen LogP contribution in [0.5, 0.6) is 0 Å². The van der Waals surface area contributed by atoms with Crippen LogP contribution < -0.4 is 5.32 Å². The summed E-state index contributed by atoms with van der Waals surface area (Å²) in [6.45, 7) is 6.05. The van der Waals surface area contributed by atoms with E-state index >= 15 is 0 Å². The monoisotopic (exact) mass is 305 g/mol. The Kier molecular flexibility index (Phi) is 4.30. The molecule has 120 valence electrons. The lowest BCUT2D eigenvalue weighted by molar-refractivity contribution is -0.123. The van der Waals surface area contributed by atoms with E-state index in [-0.39, 0.29) is 18.0 Å². The van der Waals surface area contributed by atoms with Gasteiger partial charge in [-0.15, -0.1) is 0 Å². The van der Waals surface area contributed by atoms with Crippen molar-refractivity contribution in [1.29, 1.82) is 0 Å². The van der Waals surface area contributed by atoms with Gasteiger partial charge in [0.25, 0.3) is 0 Å². The topological polar surface area (TPSA) is 65.3 Å². The van der Waals surface area contributed by atoms with Gasteiger partial charge in [0, 0.05) is 18.8 Å². The second-order valence-corrected chi connectivity index (χ2v) is 6.09. The van der Waals surface area contributed by atoms with Gasteiger partial charge in [0.2, 0.25) is 5.91 Å². The molecule has 0 spiro atoms. The fourth-order valence-corrected chi connectivity index (χ4v) is 2.36. The number of nitrogens with one attached hydrogen (secondary N) is 1. The molecule has 0 saturated heterocycles. The lowest BCUT2D eigenvalue weighted by Crippen LogP contribution is -2.44. The molecule has 6 nitrogen and oxygen atoms in total. The Labute approximate surface area is 130 Å². The van der Waals surface area contributed by atoms with Crippen LogP contribution in [0, 0.1) is 0 Å². The number of rotatable bonds is 5. The van der Waals surface area contributed by atoms with E-state index in [1.165, 1.54) is 7.11 Å². The van der Waals surface area contributed by atoms with Crippen LogP contribution in [0.1, 0.15) is 37.7 Å². The maximum Gasteiger partial charge on any atom is 0.354 e. The molecule has 1 N–H and O–H groups in total. The zero-order valence-corrected chi connectivity index (χ0v) is 13.8. The molecule has 0 bridgehead atoms. The van der Waals surface area contributed by atoms with Gasteiger partial charge in [-0.05, 0) is 32.4 Å². The molecule has 0 unspecified atom stereocenters. The molecule has 2 aromatic rings. The summed E-state index contributed by atoms with van der Waals surface area (Å²) in [7, 11) is 3.23. The smallest absolute Gasteiger partial charge is 0.354 e. The maximum atomic E-state index is 12.3. The SMILES string of the molecule is CCC(C)(C)NC(=O)Cn1c(C(=O)OC)cc2c1ccn2C. The van der Waals surface area contributed by atoms with Crippen molar-refractivity contribution in [1.82, 2.24) is 14.5 Å². The number of methoxy groups -OCH3 is 1. The Morgan fingerprint density at radius 2 is 2.00 bits per heavy atom. The summed E-state index contributed by atoms with van der Waals surface area (Å²) < 4.78 is 8.42. The van der Waals surface area contributed by atoms with E-state index in [2.05, 4.69) is 5.32 Å². The van der Waals surface area contributed by atoms with Crippen molar-refractivity contribution < 1.29 is 14.3 Å². The molecule has 2 heterocycles. The van der Waals surface area contributed by atoms with Gasteiger partial charge in [-0.25, -0.2) is 4.79 Å². The van der Waals surface area contributed by atoms with Gasteiger partial charge in [0.05, 0.1) is 18.1 Å². The average molecular weight is 305 g/mol. The third-order valence-corrected chi connectivity index (χ3v) is 4.01. The van der Waals surface area contributed by atoms with Crippen LogP contribution in [0.3, 0.4) is 0 Å². The molecule has 0 aliphatic heterocycles. The molecular formula is C16H23N3O3. The number of amides is 1. The zero-order chi connectivity index (χ0) is 16.5. The van der Waals surface area contributed by atoms with E-state index in [1.54, 1.807) is 10.6 Å². The Bertz CT molecular complexity index is 710. The van der Waals surface area contributed by atoms with Crippen LogP contribution in [-0.4, -0.2) is 33.7 Å². The van der Waals surface area contributed by atoms with Crippen LogP contribution in [0.25, 0.3) is 11.0 Å². The highest BCUT2D eigenvalue weighted by Gasteiger charge is 2.22. The van der Waals surface area contributed by atoms with E-state index in [0.29, 0.717) is 5.69 Å². The molecule has 0 atom stereocenters. The van der Waals surface area contributed by atoms with Gasteiger partial charge in [-0.3, -0.25) is 4.79 Å². The molecular weight excluding hydrogens is 282 g/mol. The number of esters is 1. The van der Waals surface area contributed by atoms with Crippen molar-refractivity contribution in [2.45, 2.75) is 39.3 Å². The predicted molar refractivity (Wildman–Crippen MR) is 84.8 cm³/mol. The summed E-state index contributed by atoms with van der Waals surface area (Å²) in [4.78, 5) is 24.3. The Balaban J connectivity index is 2.36. The molecule has 0 radical (unpaired) electrons. The molecule has 0 aliphatic carbocycles. The number of nitrogens with zero attached hydrogens (tertiary/aromatic N) is 2. The third-order valence-electron chi connectivity index (χ3n) is 4.01. The van der Waals surface area contributed by atoms with Crippen LogP contribution >= 0.6 is 0 Å². The maximum absolute atomic E-state index is 12.3. The highest BCUT2D eigenvalue weighted by atomic mass is 16.5. The van der Waals surface area contributed by atoms with E-state index in [0.717, 1.165) is 17.5 Å². The number of fused-ring (bicyclic) bond motifs is 1. The first-order valence-electron chi connectivity index (χ1n) is 7.33. The number of aryl methyl sites for hydroxylation is 1. The minimum atomic E-state index is -0.446. The molecule has 2 aromatic heterocycles. The van der Waals surface area contributed by atoms with E-state index in [4.69, 9.17) is 4.74 Å².